The second-order valence-electron chi connectivity index (χ2n) is 10.2. The molecule has 6 rings (SSSR count). The van der Waals surface area contributed by atoms with Gasteiger partial charge in [-0.2, -0.15) is 0 Å². The largest absolute Gasteiger partial charge is 0.597 e. The molecule has 14 heteroatoms. The van der Waals surface area contributed by atoms with Gasteiger partial charge in [-0.05, 0) is 40.5 Å². The van der Waals surface area contributed by atoms with E-state index in [2.05, 4.69) is 4.90 Å². The van der Waals surface area contributed by atoms with Gasteiger partial charge in [0.1, 0.15) is 18.1 Å². The molecule has 244 valence electrons. The Balaban J connectivity index is 0.000000226. The number of carbonyl (C=O) groups is 2. The van der Waals surface area contributed by atoms with Crippen LogP contribution in [0.2, 0.25) is 0 Å². The van der Waals surface area contributed by atoms with Crippen LogP contribution in [0.4, 0.5) is 0 Å². The van der Waals surface area contributed by atoms with E-state index in [1.807, 2.05) is 72.8 Å². The third-order valence-electron chi connectivity index (χ3n) is 7.15. The number of ketones is 1. The summed E-state index contributed by atoms with van der Waals surface area (Å²) in [6, 6.07) is 29.7. The van der Waals surface area contributed by atoms with E-state index in [0.29, 0.717) is 16.6 Å². The molecule has 0 amide bonds. The molecule has 0 radical (unpaired) electrons. The Hall–Kier alpha value is -4.07. The molecular formula is C33H32O11P3+. The maximum atomic E-state index is 13.9. The van der Waals surface area contributed by atoms with Crippen molar-refractivity contribution in [2.45, 2.75) is 12.8 Å². The fraction of sp³-hybridized carbons (Fsp3) is 0.212. The van der Waals surface area contributed by atoms with Crippen molar-refractivity contribution in [2.75, 3.05) is 26.0 Å². The van der Waals surface area contributed by atoms with Gasteiger partial charge in [0.15, 0.2) is 5.58 Å². The zero-order chi connectivity index (χ0) is 34.5. The zero-order valence-electron chi connectivity index (χ0n) is 26.0. The highest BCUT2D eigenvalue weighted by Gasteiger charge is 2.40. The number of benzene rings is 4. The molecule has 11 nitrogen and oxygen atoms in total. The number of aliphatic hydroxyl groups is 2. The highest BCUT2D eigenvalue weighted by atomic mass is 31.2. The zero-order valence-corrected chi connectivity index (χ0v) is 27.7. The van der Waals surface area contributed by atoms with Crippen molar-refractivity contribution >= 4 is 62.2 Å². The summed E-state index contributed by atoms with van der Waals surface area (Å²) in [5, 5.41) is 21.2. The van der Waals surface area contributed by atoms with E-state index < -0.39 is 35.6 Å². The van der Waals surface area contributed by atoms with E-state index >= 15 is 0 Å². The molecule has 0 saturated carbocycles. The summed E-state index contributed by atoms with van der Waals surface area (Å²) in [4.78, 5) is 27.8. The van der Waals surface area contributed by atoms with Crippen LogP contribution in [0.1, 0.15) is 12.8 Å². The predicted octanol–water partition coefficient (Wildman–Crippen LogP) is 6.66. The van der Waals surface area contributed by atoms with Crippen molar-refractivity contribution in [3.8, 4) is 16.9 Å². The molecule has 3 unspecified atom stereocenters. The van der Waals surface area contributed by atoms with Crippen LogP contribution in [-0.2, 0) is 28.0 Å². The van der Waals surface area contributed by atoms with Crippen LogP contribution in [0.15, 0.2) is 101 Å². The SMILES string of the molecule is O=C(CCO)CC(CP1(=O)Oc2ccccc2-c2ccccc21)C(=O)OCCO.O=[p+]1oc2ccccc2c2ccccc21.[2H]OP=O. The number of rotatable bonds is 10. The third-order valence-corrected chi connectivity index (χ3v) is 10.8. The molecule has 0 fully saturated rings. The lowest BCUT2D eigenvalue weighted by Crippen LogP contribution is -2.30. The molecule has 0 bridgehead atoms. The lowest BCUT2D eigenvalue weighted by Gasteiger charge is -2.30. The fourth-order valence-corrected chi connectivity index (χ4v) is 8.77. The Morgan fingerprint density at radius 2 is 1.53 bits per heavy atom. The molecule has 1 aliphatic rings. The van der Waals surface area contributed by atoms with Gasteiger partial charge in [0.25, 0.3) is 7.37 Å². The molecule has 0 aliphatic carbocycles. The molecule has 3 N–H and O–H groups in total. The van der Waals surface area contributed by atoms with E-state index in [1.54, 1.807) is 24.3 Å². The van der Waals surface area contributed by atoms with Crippen molar-refractivity contribution in [2.24, 2.45) is 5.92 Å². The van der Waals surface area contributed by atoms with Crippen LogP contribution < -0.4 is 9.83 Å². The van der Waals surface area contributed by atoms with Crippen molar-refractivity contribution < 1.29 is 51.9 Å². The number of fused-ring (bicyclic) bond motifs is 6. The average Bonchev–Trinajstić information content (AvgIpc) is 3.11. The first-order valence-corrected chi connectivity index (χ1v) is 18.1. The Morgan fingerprint density at radius 3 is 2.26 bits per heavy atom. The first-order chi connectivity index (χ1) is 23.3. The van der Waals surface area contributed by atoms with E-state index in [-0.39, 0.29) is 44.6 Å². The number of ether oxygens (including phenoxy) is 1. The van der Waals surface area contributed by atoms with Gasteiger partial charge < -0.3 is 24.4 Å². The molecule has 2 heterocycles. The third kappa shape index (κ3) is 8.85. The molecule has 0 saturated heterocycles. The average molecular weight is 699 g/mol. The molecule has 1 aliphatic heterocycles. The Kier molecular flexibility index (Phi) is 12.5. The number of para-hydroxylation sites is 2. The molecule has 47 heavy (non-hydrogen) atoms. The number of hydrogen-bond acceptors (Lipinski definition) is 11. The molecular weight excluding hydrogens is 665 g/mol. The van der Waals surface area contributed by atoms with Crippen molar-refractivity contribution in [1.82, 2.24) is 0 Å². The molecule has 4 aromatic carbocycles. The monoisotopic (exact) mass is 698 g/mol. The summed E-state index contributed by atoms with van der Waals surface area (Å²) in [5.74, 6) is -1.61. The molecule has 5 aromatic rings. The van der Waals surface area contributed by atoms with Crippen LogP contribution in [0.5, 0.6) is 5.75 Å². The van der Waals surface area contributed by atoms with Gasteiger partial charge in [-0.1, -0.05) is 66.7 Å². The van der Waals surface area contributed by atoms with Crippen LogP contribution >= 0.6 is 23.7 Å². The van der Waals surface area contributed by atoms with Gasteiger partial charge in [0, 0.05) is 35.8 Å². The van der Waals surface area contributed by atoms with E-state index in [9.17, 15) is 18.7 Å². The van der Waals surface area contributed by atoms with Crippen molar-refractivity contribution in [3.05, 3.63) is 97.1 Å². The molecule has 0 spiro atoms. The minimum atomic E-state index is -3.53. The van der Waals surface area contributed by atoms with E-state index in [4.69, 9.17) is 29.7 Å². The lowest BCUT2D eigenvalue weighted by atomic mass is 10.0. The van der Waals surface area contributed by atoms with Gasteiger partial charge in [-0.3, -0.25) is 14.2 Å². The number of Topliss-reactive ketones (excluding diaryl/α,β-unsaturated/α-hetero) is 1. The summed E-state index contributed by atoms with van der Waals surface area (Å²) in [6.45, 7) is -0.900. The topological polar surface area (TPSA) is 178 Å². The maximum Gasteiger partial charge on any atom is 0.597 e. The number of carbonyl (C=O) groups excluding carboxylic acids is 2. The Labute approximate surface area is 273 Å². The molecule has 3 atom stereocenters. The van der Waals surface area contributed by atoms with Crippen LogP contribution in [0.25, 0.3) is 32.6 Å². The second-order valence-corrected chi connectivity index (χ2v) is 13.9. The highest BCUT2D eigenvalue weighted by molar-refractivity contribution is 7.67. The summed E-state index contributed by atoms with van der Waals surface area (Å²) in [6.07, 6.45) is -0.532. The minimum Gasteiger partial charge on any atom is -0.463 e. The highest BCUT2D eigenvalue weighted by Crippen LogP contribution is 2.55. The van der Waals surface area contributed by atoms with Gasteiger partial charge in [0.05, 0.1) is 24.0 Å². The van der Waals surface area contributed by atoms with E-state index in [0.717, 1.165) is 27.0 Å². The maximum absolute atomic E-state index is 13.9. The van der Waals surface area contributed by atoms with E-state index in [1.165, 1.54) is 0 Å². The van der Waals surface area contributed by atoms with Crippen molar-refractivity contribution in [3.63, 3.8) is 0 Å². The van der Waals surface area contributed by atoms with Crippen molar-refractivity contribution in [1.29, 1.82) is 1.43 Å². The summed E-state index contributed by atoms with van der Waals surface area (Å²) in [5.41, 5.74) is 2.28. The summed E-state index contributed by atoms with van der Waals surface area (Å²) < 4.78 is 56.4. The van der Waals surface area contributed by atoms with Crippen LogP contribution in [-0.4, -0.2) is 54.3 Å². The van der Waals surface area contributed by atoms with Gasteiger partial charge >= 0.3 is 22.3 Å². The Morgan fingerprint density at radius 1 is 0.894 bits per heavy atom. The van der Waals surface area contributed by atoms with Crippen LogP contribution in [0.3, 0.4) is 0 Å². The standard InChI is InChI=1S/C21H23O7P.C12H8O2P.HO2P/c22-10-9-16(24)13-15(21(25)27-12-11-23)14-29(26)20-8-4-2-6-18(20)17-5-1-3-7-19(17)28-29;13-15-12-8-4-2-6-10(12)9-5-1-3-7-11(9)14-15;1-3-2/h1-8,15,22-23H,9-14H2;1-8H;(H,1,2)/q;+1;/i/hD. The minimum absolute atomic E-state index is 0.103. The number of aliphatic hydroxyl groups excluding tert-OH is 2. The van der Waals surface area contributed by atoms with Gasteiger partial charge in [-0.15, -0.1) is 0 Å². The predicted molar refractivity (Wildman–Crippen MR) is 179 cm³/mol. The Bertz CT molecular complexity index is 2000. The van der Waals surface area contributed by atoms with Gasteiger partial charge in [0.2, 0.25) is 6.55 Å². The fourth-order valence-electron chi connectivity index (χ4n) is 5.16. The normalized spacial score (nSPS) is 15.8. The quantitative estimate of drug-likeness (QED) is 0.0808. The first kappa shape index (κ1) is 34.3. The smallest absolute Gasteiger partial charge is 0.463 e. The van der Waals surface area contributed by atoms with Crippen LogP contribution in [0, 0.1) is 5.92 Å². The lowest BCUT2D eigenvalue weighted by molar-refractivity contribution is -0.150. The van der Waals surface area contributed by atoms with Gasteiger partial charge in [-0.25, -0.2) is 8.76 Å². The summed E-state index contributed by atoms with van der Waals surface area (Å²) in [7, 11) is -5.86. The number of hydrogen-bond donors (Lipinski definition) is 3. The first-order valence-electron chi connectivity index (χ1n) is 14.8. The second kappa shape index (κ2) is 17.2. The molecule has 1 aromatic heterocycles. The summed E-state index contributed by atoms with van der Waals surface area (Å²) >= 11 is 0. The number of esters is 1.